The lowest BCUT2D eigenvalue weighted by Gasteiger charge is -2.12. The summed E-state index contributed by atoms with van der Waals surface area (Å²) >= 11 is 0. The van der Waals surface area contributed by atoms with Gasteiger partial charge in [0.1, 0.15) is 0 Å². The van der Waals surface area contributed by atoms with Crippen LogP contribution >= 0.6 is 0 Å². The molecule has 0 aromatic heterocycles. The number of sulfone groups is 1. The monoisotopic (exact) mass is 309 g/mol. The van der Waals surface area contributed by atoms with Crippen molar-refractivity contribution < 1.29 is 8.42 Å². The van der Waals surface area contributed by atoms with E-state index in [4.69, 9.17) is 5.73 Å². The second kappa shape index (κ2) is 6.93. The first kappa shape index (κ1) is 15.8. The van der Waals surface area contributed by atoms with Gasteiger partial charge in [0.15, 0.2) is 15.8 Å². The molecule has 1 aliphatic rings. The third-order valence-corrected chi connectivity index (χ3v) is 4.45. The van der Waals surface area contributed by atoms with Gasteiger partial charge in [0.25, 0.3) is 0 Å². The Labute approximate surface area is 126 Å². The molecule has 0 spiro atoms. The molecule has 6 heteroatoms. The number of hydrogen-bond donors (Lipinski definition) is 2. The molecule has 5 nitrogen and oxygen atoms in total. The van der Waals surface area contributed by atoms with Crippen LogP contribution in [0.1, 0.15) is 36.8 Å². The maximum Gasteiger partial charge on any atom is 0.189 e. The molecule has 0 radical (unpaired) electrons. The van der Waals surface area contributed by atoms with Gasteiger partial charge in [0.05, 0.1) is 12.3 Å². The second-order valence-corrected chi connectivity index (χ2v) is 7.85. The van der Waals surface area contributed by atoms with E-state index in [-0.39, 0.29) is 5.75 Å². The Hall–Kier alpha value is -1.56. The van der Waals surface area contributed by atoms with E-state index in [1.54, 1.807) is 0 Å². The third kappa shape index (κ3) is 5.75. The van der Waals surface area contributed by atoms with Crippen LogP contribution in [0.4, 0.5) is 0 Å². The van der Waals surface area contributed by atoms with Gasteiger partial charge >= 0.3 is 0 Å². The van der Waals surface area contributed by atoms with E-state index in [9.17, 15) is 8.42 Å². The van der Waals surface area contributed by atoms with E-state index in [0.29, 0.717) is 18.5 Å². The van der Waals surface area contributed by atoms with Crippen molar-refractivity contribution >= 4 is 15.8 Å². The zero-order chi connectivity index (χ0) is 15.3. The first-order valence-corrected chi connectivity index (χ1v) is 9.30. The highest BCUT2D eigenvalue weighted by molar-refractivity contribution is 7.89. The zero-order valence-electron chi connectivity index (χ0n) is 12.4. The van der Waals surface area contributed by atoms with Gasteiger partial charge < -0.3 is 11.1 Å². The standard InChI is InChI=1S/C15H23N3O2S/c1-21(19,20)11-13-8-6-12(7-9-13)10-17-15(16)18-14-4-2-3-5-14/h6-9,14H,2-5,10-11H2,1H3,(H3,16,17,18). The molecule has 1 aromatic carbocycles. The Bertz CT molecular complexity index is 588. The fourth-order valence-electron chi connectivity index (χ4n) is 2.55. The summed E-state index contributed by atoms with van der Waals surface area (Å²) in [6.45, 7) is 0.505. The highest BCUT2D eigenvalue weighted by atomic mass is 32.2. The predicted octanol–water partition coefficient (Wildman–Crippen LogP) is 1.58. The SMILES string of the molecule is CS(=O)(=O)Cc1ccc(CN=C(N)NC2CCCC2)cc1. The number of hydrogen-bond acceptors (Lipinski definition) is 3. The summed E-state index contributed by atoms with van der Waals surface area (Å²) in [6, 6.07) is 7.91. The number of nitrogens with one attached hydrogen (secondary N) is 1. The highest BCUT2D eigenvalue weighted by Gasteiger charge is 2.14. The Kier molecular flexibility index (Phi) is 5.22. The molecule has 1 saturated carbocycles. The molecular formula is C15H23N3O2S. The number of nitrogens with zero attached hydrogens (tertiary/aromatic N) is 1. The average Bonchev–Trinajstić information content (AvgIpc) is 2.89. The summed E-state index contributed by atoms with van der Waals surface area (Å²) in [6.07, 6.45) is 6.08. The van der Waals surface area contributed by atoms with Crippen molar-refractivity contribution in [1.82, 2.24) is 5.32 Å². The van der Waals surface area contributed by atoms with Gasteiger partial charge in [-0.1, -0.05) is 37.1 Å². The van der Waals surface area contributed by atoms with Gasteiger partial charge in [-0.2, -0.15) is 0 Å². The summed E-state index contributed by atoms with van der Waals surface area (Å²) < 4.78 is 22.4. The topological polar surface area (TPSA) is 84.5 Å². The predicted molar refractivity (Wildman–Crippen MR) is 85.7 cm³/mol. The Balaban J connectivity index is 1.87. The van der Waals surface area contributed by atoms with Crippen molar-refractivity contribution in [3.8, 4) is 0 Å². The van der Waals surface area contributed by atoms with Crippen LogP contribution in [0.2, 0.25) is 0 Å². The highest BCUT2D eigenvalue weighted by Crippen LogP contribution is 2.17. The minimum Gasteiger partial charge on any atom is -0.370 e. The van der Waals surface area contributed by atoms with Crippen molar-refractivity contribution in [1.29, 1.82) is 0 Å². The molecule has 0 heterocycles. The number of rotatable bonds is 5. The van der Waals surface area contributed by atoms with E-state index >= 15 is 0 Å². The van der Waals surface area contributed by atoms with Crippen molar-refractivity contribution in [2.24, 2.45) is 10.7 Å². The lowest BCUT2D eigenvalue weighted by molar-refractivity contribution is 0.601. The normalized spacial score (nSPS) is 17.1. The van der Waals surface area contributed by atoms with Crippen LogP contribution in [0.5, 0.6) is 0 Å². The van der Waals surface area contributed by atoms with Crippen LogP contribution in [0.15, 0.2) is 29.3 Å². The van der Waals surface area contributed by atoms with Crippen LogP contribution in [0.3, 0.4) is 0 Å². The molecule has 1 fully saturated rings. The van der Waals surface area contributed by atoms with Gasteiger partial charge in [-0.3, -0.25) is 0 Å². The van der Waals surface area contributed by atoms with E-state index in [1.807, 2.05) is 24.3 Å². The fourth-order valence-corrected chi connectivity index (χ4v) is 3.34. The molecule has 0 amide bonds. The van der Waals surface area contributed by atoms with Crippen molar-refractivity contribution in [3.05, 3.63) is 35.4 Å². The van der Waals surface area contributed by atoms with E-state index in [1.165, 1.54) is 19.1 Å². The van der Waals surface area contributed by atoms with E-state index in [2.05, 4.69) is 10.3 Å². The van der Waals surface area contributed by atoms with Crippen LogP contribution in [0.25, 0.3) is 0 Å². The Morgan fingerprint density at radius 2 is 1.81 bits per heavy atom. The molecule has 0 aliphatic heterocycles. The van der Waals surface area contributed by atoms with Crippen LogP contribution in [-0.2, 0) is 22.1 Å². The van der Waals surface area contributed by atoms with Crippen molar-refractivity contribution in [2.75, 3.05) is 6.26 Å². The average molecular weight is 309 g/mol. The molecule has 2 rings (SSSR count). The van der Waals surface area contributed by atoms with Gasteiger partial charge in [0, 0.05) is 12.3 Å². The zero-order valence-corrected chi connectivity index (χ0v) is 13.2. The molecule has 1 aromatic rings. The molecule has 0 unspecified atom stereocenters. The van der Waals surface area contributed by atoms with Gasteiger partial charge in [-0.25, -0.2) is 13.4 Å². The molecule has 116 valence electrons. The molecule has 0 atom stereocenters. The summed E-state index contributed by atoms with van der Waals surface area (Å²) in [5.74, 6) is 0.559. The molecule has 3 N–H and O–H groups in total. The van der Waals surface area contributed by atoms with Crippen LogP contribution in [-0.4, -0.2) is 26.7 Å². The molecule has 0 saturated heterocycles. The minimum absolute atomic E-state index is 0.0714. The maximum absolute atomic E-state index is 11.2. The quantitative estimate of drug-likeness (QED) is 0.639. The first-order chi connectivity index (χ1) is 9.92. The lowest BCUT2D eigenvalue weighted by atomic mass is 10.1. The molecule has 21 heavy (non-hydrogen) atoms. The Morgan fingerprint density at radius 1 is 1.24 bits per heavy atom. The molecular weight excluding hydrogens is 286 g/mol. The second-order valence-electron chi connectivity index (χ2n) is 5.71. The largest absolute Gasteiger partial charge is 0.370 e. The first-order valence-electron chi connectivity index (χ1n) is 7.24. The lowest BCUT2D eigenvalue weighted by Crippen LogP contribution is -2.38. The third-order valence-electron chi connectivity index (χ3n) is 3.59. The number of guanidine groups is 1. The number of aliphatic imine (C=N–C) groups is 1. The summed E-state index contributed by atoms with van der Waals surface area (Å²) in [5, 5.41) is 3.24. The smallest absolute Gasteiger partial charge is 0.189 e. The van der Waals surface area contributed by atoms with Crippen molar-refractivity contribution in [3.63, 3.8) is 0 Å². The van der Waals surface area contributed by atoms with Gasteiger partial charge in [-0.05, 0) is 24.0 Å². The van der Waals surface area contributed by atoms with Crippen LogP contribution < -0.4 is 11.1 Å². The Morgan fingerprint density at radius 3 is 2.38 bits per heavy atom. The maximum atomic E-state index is 11.2. The van der Waals surface area contributed by atoms with E-state index < -0.39 is 9.84 Å². The van der Waals surface area contributed by atoms with Gasteiger partial charge in [-0.15, -0.1) is 0 Å². The summed E-state index contributed by atoms with van der Waals surface area (Å²) in [5.41, 5.74) is 7.68. The van der Waals surface area contributed by atoms with Gasteiger partial charge in [0.2, 0.25) is 0 Å². The minimum atomic E-state index is -2.99. The molecule has 0 bridgehead atoms. The molecule has 1 aliphatic carbocycles. The number of benzene rings is 1. The summed E-state index contributed by atoms with van der Waals surface area (Å²) in [7, 11) is -2.99. The summed E-state index contributed by atoms with van der Waals surface area (Å²) in [4.78, 5) is 4.33. The number of nitrogens with two attached hydrogens (primary N) is 1. The van der Waals surface area contributed by atoms with E-state index in [0.717, 1.165) is 24.0 Å². The van der Waals surface area contributed by atoms with Crippen LogP contribution in [0, 0.1) is 0 Å². The fraction of sp³-hybridized carbons (Fsp3) is 0.533. The van der Waals surface area contributed by atoms with Crippen molar-refractivity contribution in [2.45, 2.75) is 44.0 Å².